The number of nitrogens with two attached hydrogens (primary N) is 1. The number of hydrogen-bond acceptors (Lipinski definition) is 4. The summed E-state index contributed by atoms with van der Waals surface area (Å²) in [5.74, 6) is 0.784. The Morgan fingerprint density at radius 3 is 2.91 bits per heavy atom. The highest BCUT2D eigenvalue weighted by atomic mass is 32.1. The van der Waals surface area contributed by atoms with Crippen LogP contribution in [0.5, 0.6) is 0 Å². The summed E-state index contributed by atoms with van der Waals surface area (Å²) in [6.07, 6.45) is 3.48. The molecule has 3 rings (SSSR count). The zero-order valence-electron chi connectivity index (χ0n) is 12.3. The van der Waals surface area contributed by atoms with Gasteiger partial charge in [0.15, 0.2) is 0 Å². The minimum Gasteiger partial charge on any atom is -0.467 e. The largest absolute Gasteiger partial charge is 0.467 e. The summed E-state index contributed by atoms with van der Waals surface area (Å²) < 4.78 is 5.52. The molecule has 22 heavy (non-hydrogen) atoms. The summed E-state index contributed by atoms with van der Waals surface area (Å²) in [5.41, 5.74) is 5.64. The molecule has 1 fully saturated rings. The second kappa shape index (κ2) is 5.96. The average molecular weight is 318 g/mol. The molecule has 0 radical (unpaired) electrons. The van der Waals surface area contributed by atoms with Crippen LogP contribution in [0.1, 0.15) is 51.6 Å². The van der Waals surface area contributed by atoms with Gasteiger partial charge in [-0.3, -0.25) is 9.59 Å². The second-order valence-electron chi connectivity index (χ2n) is 5.72. The van der Waals surface area contributed by atoms with E-state index >= 15 is 0 Å². The molecule has 3 heterocycles. The molecule has 0 aromatic carbocycles. The first-order valence-corrected chi connectivity index (χ1v) is 8.17. The van der Waals surface area contributed by atoms with Crippen LogP contribution in [-0.4, -0.2) is 23.3 Å². The highest BCUT2D eigenvalue weighted by molar-refractivity contribution is 7.12. The maximum atomic E-state index is 12.8. The van der Waals surface area contributed by atoms with E-state index in [0.717, 1.165) is 18.6 Å². The fraction of sp³-hybridized carbons (Fsp3) is 0.375. The van der Waals surface area contributed by atoms with Gasteiger partial charge in [0, 0.05) is 11.9 Å². The van der Waals surface area contributed by atoms with Crippen LogP contribution in [0, 0.1) is 5.92 Å². The van der Waals surface area contributed by atoms with E-state index in [9.17, 15) is 9.59 Å². The summed E-state index contributed by atoms with van der Waals surface area (Å²) in [4.78, 5) is 26.4. The second-order valence-corrected chi connectivity index (χ2v) is 6.63. The van der Waals surface area contributed by atoms with Gasteiger partial charge in [-0.05, 0) is 37.0 Å². The SMILES string of the molecule is C[C@H]1CCN(C(=O)c2cc(C(N)=O)cs2)[C@H](c2ccco2)C1. The summed E-state index contributed by atoms with van der Waals surface area (Å²) in [6, 6.07) is 5.28. The van der Waals surface area contributed by atoms with Crippen molar-refractivity contribution >= 4 is 23.2 Å². The Hall–Kier alpha value is -2.08. The maximum Gasteiger partial charge on any atom is 0.264 e. The fourth-order valence-corrected chi connectivity index (χ4v) is 3.71. The zero-order chi connectivity index (χ0) is 15.7. The number of nitrogens with zero attached hydrogens (tertiary/aromatic N) is 1. The molecule has 2 atom stereocenters. The molecule has 2 aromatic rings. The first-order valence-electron chi connectivity index (χ1n) is 7.29. The third kappa shape index (κ3) is 2.78. The van der Waals surface area contributed by atoms with Gasteiger partial charge in [0.1, 0.15) is 5.76 Å². The van der Waals surface area contributed by atoms with E-state index in [-0.39, 0.29) is 11.9 Å². The minimum absolute atomic E-state index is 0.0506. The lowest BCUT2D eigenvalue weighted by atomic mass is 9.91. The molecule has 2 amide bonds. The highest BCUT2D eigenvalue weighted by Gasteiger charge is 2.33. The zero-order valence-corrected chi connectivity index (χ0v) is 13.1. The van der Waals surface area contributed by atoms with Crippen molar-refractivity contribution in [2.24, 2.45) is 11.7 Å². The van der Waals surface area contributed by atoms with Gasteiger partial charge in [-0.1, -0.05) is 6.92 Å². The molecular weight excluding hydrogens is 300 g/mol. The van der Waals surface area contributed by atoms with Crippen molar-refractivity contribution in [3.8, 4) is 0 Å². The summed E-state index contributed by atoms with van der Waals surface area (Å²) in [6.45, 7) is 2.88. The number of primary amides is 1. The monoisotopic (exact) mass is 318 g/mol. The lowest BCUT2D eigenvalue weighted by molar-refractivity contribution is 0.0526. The highest BCUT2D eigenvalue weighted by Crippen LogP contribution is 2.35. The van der Waals surface area contributed by atoms with Gasteiger partial charge in [-0.25, -0.2) is 0 Å². The minimum atomic E-state index is -0.509. The number of carbonyl (C=O) groups excluding carboxylic acids is 2. The number of carbonyl (C=O) groups is 2. The van der Waals surface area contributed by atoms with Crippen LogP contribution in [-0.2, 0) is 0 Å². The van der Waals surface area contributed by atoms with Crippen LogP contribution < -0.4 is 5.73 Å². The van der Waals surface area contributed by atoms with Crippen LogP contribution in [0.3, 0.4) is 0 Å². The summed E-state index contributed by atoms with van der Waals surface area (Å²) in [7, 11) is 0. The van der Waals surface area contributed by atoms with Gasteiger partial charge in [-0.2, -0.15) is 0 Å². The molecule has 0 unspecified atom stereocenters. The first kappa shape index (κ1) is 14.8. The number of rotatable bonds is 3. The topological polar surface area (TPSA) is 76.5 Å². The maximum absolute atomic E-state index is 12.8. The van der Waals surface area contributed by atoms with Gasteiger partial charge in [0.05, 0.1) is 22.7 Å². The Bertz CT molecular complexity index is 677. The molecule has 0 spiro atoms. The predicted octanol–water partition coefficient (Wildman–Crippen LogP) is 3.05. The first-order chi connectivity index (χ1) is 10.6. The van der Waals surface area contributed by atoms with E-state index < -0.39 is 5.91 Å². The van der Waals surface area contributed by atoms with Gasteiger partial charge < -0.3 is 15.1 Å². The van der Waals surface area contributed by atoms with Crippen molar-refractivity contribution in [3.05, 3.63) is 46.0 Å². The molecule has 0 aliphatic carbocycles. The number of thiophene rings is 1. The van der Waals surface area contributed by atoms with Crippen molar-refractivity contribution in [1.82, 2.24) is 4.90 Å². The predicted molar refractivity (Wildman–Crippen MR) is 83.7 cm³/mol. The lowest BCUT2D eigenvalue weighted by Gasteiger charge is -2.37. The van der Waals surface area contributed by atoms with Gasteiger partial charge in [0.2, 0.25) is 5.91 Å². The number of hydrogen-bond donors (Lipinski definition) is 1. The van der Waals surface area contributed by atoms with Crippen LogP contribution in [0.4, 0.5) is 0 Å². The van der Waals surface area contributed by atoms with E-state index in [1.54, 1.807) is 17.7 Å². The molecule has 1 aliphatic rings. The van der Waals surface area contributed by atoms with Crippen molar-refractivity contribution in [2.75, 3.05) is 6.54 Å². The number of furan rings is 1. The fourth-order valence-electron chi connectivity index (χ4n) is 2.85. The standard InChI is InChI=1S/C16H18N2O3S/c1-10-4-5-18(12(7-10)13-3-2-6-21-13)16(20)14-8-11(9-22-14)15(17)19/h2-3,6,8-10,12H,4-5,7H2,1H3,(H2,17,19)/t10-,12-/m0/s1. The quantitative estimate of drug-likeness (QED) is 0.945. The lowest BCUT2D eigenvalue weighted by Crippen LogP contribution is -2.40. The van der Waals surface area contributed by atoms with Crippen LogP contribution in [0.2, 0.25) is 0 Å². The van der Waals surface area contributed by atoms with Gasteiger partial charge >= 0.3 is 0 Å². The van der Waals surface area contributed by atoms with E-state index in [1.807, 2.05) is 17.0 Å². The van der Waals surface area contributed by atoms with Crippen molar-refractivity contribution in [2.45, 2.75) is 25.8 Å². The number of likely N-dealkylation sites (tertiary alicyclic amines) is 1. The Morgan fingerprint density at radius 2 is 2.27 bits per heavy atom. The molecule has 1 saturated heterocycles. The van der Waals surface area contributed by atoms with Crippen LogP contribution >= 0.6 is 11.3 Å². The number of piperidine rings is 1. The third-order valence-corrected chi connectivity index (χ3v) is 5.01. The Kier molecular flexibility index (Phi) is 4.02. The normalized spacial score (nSPS) is 21.8. The van der Waals surface area contributed by atoms with Crippen molar-refractivity contribution in [3.63, 3.8) is 0 Å². The van der Waals surface area contributed by atoms with Gasteiger partial charge in [-0.15, -0.1) is 11.3 Å². The summed E-state index contributed by atoms with van der Waals surface area (Å²) >= 11 is 1.26. The molecule has 1 aliphatic heterocycles. The van der Waals surface area contributed by atoms with Crippen molar-refractivity contribution < 1.29 is 14.0 Å². The van der Waals surface area contributed by atoms with E-state index in [4.69, 9.17) is 10.2 Å². The summed E-state index contributed by atoms with van der Waals surface area (Å²) in [5, 5.41) is 1.63. The van der Waals surface area contributed by atoms with E-state index in [2.05, 4.69) is 6.92 Å². The Balaban J connectivity index is 1.86. The Morgan fingerprint density at radius 1 is 1.45 bits per heavy atom. The van der Waals surface area contributed by atoms with Crippen molar-refractivity contribution in [1.29, 1.82) is 0 Å². The third-order valence-electron chi connectivity index (χ3n) is 4.09. The smallest absolute Gasteiger partial charge is 0.264 e. The molecule has 116 valence electrons. The van der Waals surface area contributed by atoms with Crippen LogP contribution in [0.25, 0.3) is 0 Å². The molecular formula is C16H18N2O3S. The van der Waals surface area contributed by atoms with E-state index in [0.29, 0.717) is 22.9 Å². The molecule has 6 heteroatoms. The number of amides is 2. The molecule has 2 aromatic heterocycles. The molecule has 0 bridgehead atoms. The molecule has 0 saturated carbocycles. The van der Waals surface area contributed by atoms with Crippen LogP contribution in [0.15, 0.2) is 34.3 Å². The van der Waals surface area contributed by atoms with Gasteiger partial charge in [0.25, 0.3) is 5.91 Å². The molecule has 2 N–H and O–H groups in total. The Labute approximate surface area is 132 Å². The van der Waals surface area contributed by atoms with E-state index in [1.165, 1.54) is 11.3 Å². The average Bonchev–Trinajstić information content (AvgIpc) is 3.18. The molecule has 5 nitrogen and oxygen atoms in total.